The average molecular weight is 550 g/mol. The lowest BCUT2D eigenvalue weighted by Crippen LogP contribution is -2.49. The second kappa shape index (κ2) is 11.7. The Balaban J connectivity index is 0.00000289. The van der Waals surface area contributed by atoms with Crippen molar-refractivity contribution < 1.29 is 5.11 Å². The van der Waals surface area contributed by atoms with Crippen molar-refractivity contribution >= 4 is 35.8 Å². The Morgan fingerprint density at radius 3 is 2.69 bits per heavy atom. The topological polar surface area (TPSA) is 72.8 Å². The molecule has 7 heteroatoms. The number of aryl methyl sites for hydroxylation is 2. The number of aliphatic imine (C=N–C) groups is 1. The van der Waals surface area contributed by atoms with E-state index in [-0.39, 0.29) is 24.0 Å². The van der Waals surface area contributed by atoms with Gasteiger partial charge in [0.15, 0.2) is 5.96 Å². The van der Waals surface area contributed by atoms with Gasteiger partial charge in [-0.05, 0) is 81.7 Å². The predicted octanol–water partition coefficient (Wildman–Crippen LogP) is 4.32. The van der Waals surface area contributed by atoms with E-state index in [0.717, 1.165) is 68.4 Å². The fraction of sp³-hybridized carbons (Fsp3) is 0.520. The third-order valence-electron chi connectivity index (χ3n) is 6.40. The minimum absolute atomic E-state index is 0. The molecule has 0 amide bonds. The number of aromatic hydroxyl groups is 1. The molecule has 0 bridgehead atoms. The van der Waals surface area contributed by atoms with Crippen LogP contribution in [0.4, 0.5) is 5.82 Å². The molecular formula is C25H36IN5O. The number of phenolic OH excluding ortho intramolecular Hbond substituents is 1. The first-order valence-corrected chi connectivity index (χ1v) is 11.7. The first kappa shape index (κ1) is 24.6. The van der Waals surface area contributed by atoms with Crippen LogP contribution in [0.15, 0.2) is 35.3 Å². The number of phenols is 1. The van der Waals surface area contributed by atoms with Crippen LogP contribution in [0.25, 0.3) is 0 Å². The highest BCUT2D eigenvalue weighted by Gasteiger charge is 2.21. The van der Waals surface area contributed by atoms with Crippen molar-refractivity contribution in [3.05, 3.63) is 52.7 Å². The molecule has 3 N–H and O–H groups in total. The summed E-state index contributed by atoms with van der Waals surface area (Å²) in [5, 5.41) is 17.5. The van der Waals surface area contributed by atoms with Gasteiger partial charge in [-0.3, -0.25) is 0 Å². The summed E-state index contributed by atoms with van der Waals surface area (Å²) in [6.45, 7) is 7.43. The molecule has 1 saturated heterocycles. The molecule has 0 saturated carbocycles. The van der Waals surface area contributed by atoms with E-state index in [0.29, 0.717) is 18.3 Å². The van der Waals surface area contributed by atoms with E-state index in [2.05, 4.69) is 45.6 Å². The van der Waals surface area contributed by atoms with Crippen molar-refractivity contribution in [1.82, 2.24) is 15.6 Å². The predicted molar refractivity (Wildman–Crippen MR) is 142 cm³/mol. The third-order valence-corrected chi connectivity index (χ3v) is 6.40. The SMILES string of the molecule is CCNC(=NCc1c(O)ccc2c1CCCC2)NC1CCN(c2cccc(C)n2)CC1.I. The number of guanidine groups is 1. The Morgan fingerprint density at radius 1 is 1.16 bits per heavy atom. The highest BCUT2D eigenvalue weighted by molar-refractivity contribution is 14.0. The van der Waals surface area contributed by atoms with Gasteiger partial charge in [0.1, 0.15) is 11.6 Å². The Labute approximate surface area is 208 Å². The summed E-state index contributed by atoms with van der Waals surface area (Å²) < 4.78 is 0. The third kappa shape index (κ3) is 6.05. The lowest BCUT2D eigenvalue weighted by atomic mass is 9.88. The zero-order valence-electron chi connectivity index (χ0n) is 19.2. The van der Waals surface area contributed by atoms with E-state index < -0.39 is 0 Å². The summed E-state index contributed by atoms with van der Waals surface area (Å²) in [6.07, 6.45) is 6.68. The number of halogens is 1. The van der Waals surface area contributed by atoms with Gasteiger partial charge in [-0.15, -0.1) is 24.0 Å². The van der Waals surface area contributed by atoms with Crippen LogP contribution in [0.5, 0.6) is 5.75 Å². The van der Waals surface area contributed by atoms with Gasteiger partial charge >= 0.3 is 0 Å². The summed E-state index contributed by atoms with van der Waals surface area (Å²) in [6, 6.07) is 10.5. The van der Waals surface area contributed by atoms with Gasteiger partial charge in [0.25, 0.3) is 0 Å². The highest BCUT2D eigenvalue weighted by Crippen LogP contribution is 2.31. The Hall–Kier alpha value is -2.03. The highest BCUT2D eigenvalue weighted by atomic mass is 127. The van der Waals surface area contributed by atoms with Gasteiger partial charge in [0.05, 0.1) is 6.54 Å². The normalized spacial score (nSPS) is 16.8. The fourth-order valence-electron chi connectivity index (χ4n) is 4.70. The average Bonchev–Trinajstić information content (AvgIpc) is 2.79. The van der Waals surface area contributed by atoms with E-state index in [1.165, 1.54) is 24.0 Å². The Bertz CT molecular complexity index is 925. The molecule has 0 unspecified atom stereocenters. The molecule has 2 heterocycles. The van der Waals surface area contributed by atoms with Crippen LogP contribution in [-0.2, 0) is 19.4 Å². The van der Waals surface area contributed by atoms with Crippen molar-refractivity contribution in [2.24, 2.45) is 4.99 Å². The number of fused-ring (bicyclic) bond motifs is 1. The number of benzene rings is 1. The van der Waals surface area contributed by atoms with Gasteiger partial charge in [-0.2, -0.15) is 0 Å². The monoisotopic (exact) mass is 549 g/mol. The van der Waals surface area contributed by atoms with E-state index in [9.17, 15) is 5.11 Å². The van der Waals surface area contributed by atoms with Crippen LogP contribution in [0, 0.1) is 6.92 Å². The maximum atomic E-state index is 10.5. The van der Waals surface area contributed by atoms with Crippen molar-refractivity contribution in [3.63, 3.8) is 0 Å². The summed E-state index contributed by atoms with van der Waals surface area (Å²) in [7, 11) is 0. The summed E-state index contributed by atoms with van der Waals surface area (Å²) in [5.41, 5.74) is 4.74. The number of rotatable bonds is 5. The number of pyridine rings is 1. The molecule has 0 atom stereocenters. The lowest BCUT2D eigenvalue weighted by molar-refractivity contribution is 0.458. The van der Waals surface area contributed by atoms with E-state index >= 15 is 0 Å². The van der Waals surface area contributed by atoms with Crippen LogP contribution in [-0.4, -0.2) is 41.7 Å². The maximum Gasteiger partial charge on any atom is 0.191 e. The number of nitrogens with one attached hydrogen (secondary N) is 2. The van der Waals surface area contributed by atoms with Gasteiger partial charge in [0.2, 0.25) is 0 Å². The summed E-state index contributed by atoms with van der Waals surface area (Å²) in [4.78, 5) is 11.9. The quantitative estimate of drug-likeness (QED) is 0.295. The molecule has 1 fully saturated rings. The van der Waals surface area contributed by atoms with Crippen molar-refractivity contribution in [2.75, 3.05) is 24.5 Å². The molecule has 1 aliphatic heterocycles. The first-order chi connectivity index (χ1) is 15.1. The zero-order chi connectivity index (χ0) is 21.6. The fourth-order valence-corrected chi connectivity index (χ4v) is 4.70. The minimum Gasteiger partial charge on any atom is -0.508 e. The number of anilines is 1. The van der Waals surface area contributed by atoms with Crippen molar-refractivity contribution in [1.29, 1.82) is 0 Å². The number of hydrogen-bond acceptors (Lipinski definition) is 4. The summed E-state index contributed by atoms with van der Waals surface area (Å²) in [5.74, 6) is 2.28. The van der Waals surface area contributed by atoms with Crippen molar-refractivity contribution in [3.8, 4) is 5.75 Å². The molecule has 1 aromatic carbocycles. The van der Waals surface area contributed by atoms with E-state index in [4.69, 9.17) is 4.99 Å². The molecule has 2 aliphatic rings. The van der Waals surface area contributed by atoms with Crippen molar-refractivity contribution in [2.45, 2.75) is 65.0 Å². The molecule has 1 aromatic heterocycles. The van der Waals surface area contributed by atoms with Crippen LogP contribution >= 0.6 is 24.0 Å². The largest absolute Gasteiger partial charge is 0.508 e. The first-order valence-electron chi connectivity index (χ1n) is 11.7. The molecule has 4 rings (SSSR count). The van der Waals surface area contributed by atoms with Crippen LogP contribution < -0.4 is 15.5 Å². The summed E-state index contributed by atoms with van der Waals surface area (Å²) >= 11 is 0. The second-order valence-corrected chi connectivity index (χ2v) is 8.65. The Morgan fingerprint density at radius 2 is 1.94 bits per heavy atom. The number of piperidine rings is 1. The molecule has 32 heavy (non-hydrogen) atoms. The van der Waals surface area contributed by atoms with Gasteiger partial charge in [-0.1, -0.05) is 12.1 Å². The maximum absolute atomic E-state index is 10.5. The molecular weight excluding hydrogens is 513 g/mol. The molecule has 2 aromatic rings. The van der Waals surface area contributed by atoms with E-state index in [1.54, 1.807) is 0 Å². The smallest absolute Gasteiger partial charge is 0.191 e. The molecule has 174 valence electrons. The Kier molecular flexibility index (Phi) is 9.02. The lowest BCUT2D eigenvalue weighted by Gasteiger charge is -2.34. The number of nitrogens with zero attached hydrogens (tertiary/aromatic N) is 3. The number of aromatic nitrogens is 1. The number of hydrogen-bond donors (Lipinski definition) is 3. The second-order valence-electron chi connectivity index (χ2n) is 8.65. The van der Waals surface area contributed by atoms with Crippen LogP contribution in [0.3, 0.4) is 0 Å². The van der Waals surface area contributed by atoms with Crippen LogP contribution in [0.2, 0.25) is 0 Å². The van der Waals surface area contributed by atoms with Gasteiger partial charge in [0, 0.05) is 36.9 Å². The zero-order valence-corrected chi connectivity index (χ0v) is 21.6. The molecule has 1 aliphatic carbocycles. The standard InChI is InChI=1S/C25H35N5O.HI/c1-3-26-25(27-17-22-21-9-5-4-8-19(21)11-12-23(22)31)29-20-13-15-30(16-14-20)24-10-6-7-18(2)28-24;/h6-7,10-12,20,31H,3-5,8-9,13-17H2,1-2H3,(H2,26,27,29);1H. The molecule has 0 spiro atoms. The van der Waals surface area contributed by atoms with Gasteiger partial charge in [-0.25, -0.2) is 9.98 Å². The van der Waals surface area contributed by atoms with E-state index in [1.807, 2.05) is 19.1 Å². The van der Waals surface area contributed by atoms with Gasteiger partial charge < -0.3 is 20.6 Å². The molecule has 0 radical (unpaired) electrons. The van der Waals surface area contributed by atoms with Crippen LogP contribution in [0.1, 0.15) is 55.0 Å². The minimum atomic E-state index is 0. The molecule has 6 nitrogen and oxygen atoms in total.